The first-order valence-corrected chi connectivity index (χ1v) is 10.1. The zero-order chi connectivity index (χ0) is 20.2. The molecule has 0 unspecified atom stereocenters. The Kier molecular flexibility index (Phi) is 5.64. The molecular weight excluding hydrogens is 368 g/mol. The number of piperidine rings is 1. The molecule has 1 saturated heterocycles. The van der Waals surface area contributed by atoms with Crippen LogP contribution in [0.3, 0.4) is 0 Å². The number of para-hydroxylation sites is 2. The molecule has 1 aliphatic heterocycles. The number of hydrogen-bond donors (Lipinski definition) is 0. The lowest BCUT2D eigenvalue weighted by molar-refractivity contribution is -0.130. The average Bonchev–Trinajstić information content (AvgIpc) is 3.26. The molecule has 1 fully saturated rings. The van der Waals surface area contributed by atoms with Gasteiger partial charge >= 0.3 is 0 Å². The lowest BCUT2D eigenvalue weighted by Gasteiger charge is -2.28. The summed E-state index contributed by atoms with van der Waals surface area (Å²) >= 11 is 0. The van der Waals surface area contributed by atoms with Gasteiger partial charge in [0.2, 0.25) is 5.91 Å². The summed E-state index contributed by atoms with van der Waals surface area (Å²) in [5.41, 5.74) is 1.43. The molecule has 7 nitrogen and oxygen atoms in total. The molecule has 2 aromatic heterocycles. The highest BCUT2D eigenvalue weighted by Gasteiger charge is 2.20. The van der Waals surface area contributed by atoms with Crippen molar-refractivity contribution in [3.05, 3.63) is 58.8 Å². The van der Waals surface area contributed by atoms with Crippen LogP contribution < -0.4 is 10.5 Å². The van der Waals surface area contributed by atoms with Gasteiger partial charge in [-0.1, -0.05) is 12.1 Å². The van der Waals surface area contributed by atoms with Gasteiger partial charge in [-0.15, -0.1) is 0 Å². The third-order valence-electron chi connectivity index (χ3n) is 5.44. The van der Waals surface area contributed by atoms with E-state index >= 15 is 0 Å². The molecule has 3 heterocycles. The molecule has 1 aromatic carbocycles. The minimum Gasteiger partial charge on any atom is -0.467 e. The molecule has 0 aliphatic carbocycles. The van der Waals surface area contributed by atoms with Crippen LogP contribution in [0.5, 0.6) is 0 Å². The smallest absolute Gasteiger partial charge is 0.294 e. The summed E-state index contributed by atoms with van der Waals surface area (Å²) in [7, 11) is 1.75. The second kappa shape index (κ2) is 8.51. The number of aryl methyl sites for hydroxylation is 1. The molecule has 7 heteroatoms. The zero-order valence-electron chi connectivity index (χ0n) is 16.7. The Bertz CT molecular complexity index is 1040. The number of carbonyl (C=O) groups excluding carboxylic acids is 1. The van der Waals surface area contributed by atoms with E-state index < -0.39 is 0 Å². The van der Waals surface area contributed by atoms with E-state index in [1.807, 2.05) is 30.3 Å². The van der Waals surface area contributed by atoms with Crippen LogP contribution in [0.25, 0.3) is 11.0 Å². The third-order valence-corrected chi connectivity index (χ3v) is 5.44. The number of anilines is 1. The first kappa shape index (κ1) is 19.2. The number of aromatic nitrogens is 2. The Labute approximate surface area is 169 Å². The number of nitrogens with zero attached hydrogens (tertiary/aromatic N) is 4. The van der Waals surface area contributed by atoms with Crippen molar-refractivity contribution < 1.29 is 9.21 Å². The monoisotopic (exact) mass is 394 g/mol. The summed E-state index contributed by atoms with van der Waals surface area (Å²) in [4.78, 5) is 34.2. The number of carbonyl (C=O) groups is 1. The molecule has 0 saturated carbocycles. The van der Waals surface area contributed by atoms with Gasteiger partial charge in [0.25, 0.3) is 5.56 Å². The highest BCUT2D eigenvalue weighted by molar-refractivity contribution is 5.78. The van der Waals surface area contributed by atoms with E-state index in [4.69, 9.17) is 4.42 Å². The predicted molar refractivity (Wildman–Crippen MR) is 112 cm³/mol. The standard InChI is InChI=1S/C22H26N4O3/c1-24(16-17-8-7-15-29-17)20(27)11-14-26-19-10-4-3-9-18(19)23-21(22(26)28)25-12-5-2-6-13-25/h3-4,7-10,15H,2,5-6,11-14,16H2,1H3. The van der Waals surface area contributed by atoms with Gasteiger partial charge in [0.1, 0.15) is 5.76 Å². The van der Waals surface area contributed by atoms with Crippen molar-refractivity contribution in [1.29, 1.82) is 0 Å². The maximum atomic E-state index is 13.2. The number of benzene rings is 1. The highest BCUT2D eigenvalue weighted by Crippen LogP contribution is 2.18. The van der Waals surface area contributed by atoms with E-state index in [2.05, 4.69) is 9.88 Å². The fraction of sp³-hybridized carbons (Fsp3) is 0.409. The Hall–Kier alpha value is -3.09. The molecule has 29 heavy (non-hydrogen) atoms. The van der Waals surface area contributed by atoms with Gasteiger partial charge in [0.15, 0.2) is 5.82 Å². The minimum atomic E-state index is -0.118. The van der Waals surface area contributed by atoms with Crippen LogP contribution in [0.1, 0.15) is 31.4 Å². The Balaban J connectivity index is 1.57. The van der Waals surface area contributed by atoms with Gasteiger partial charge in [0, 0.05) is 33.1 Å². The van der Waals surface area contributed by atoms with Crippen LogP contribution >= 0.6 is 0 Å². The van der Waals surface area contributed by atoms with E-state index in [-0.39, 0.29) is 17.9 Å². The van der Waals surface area contributed by atoms with Crippen molar-refractivity contribution in [1.82, 2.24) is 14.5 Å². The predicted octanol–water partition coefficient (Wildman–Crippen LogP) is 3.03. The zero-order valence-corrected chi connectivity index (χ0v) is 16.7. The number of hydrogen-bond acceptors (Lipinski definition) is 5. The highest BCUT2D eigenvalue weighted by atomic mass is 16.3. The van der Waals surface area contributed by atoms with Crippen molar-refractivity contribution >= 4 is 22.8 Å². The number of furan rings is 1. The van der Waals surface area contributed by atoms with Crippen molar-refractivity contribution in [2.75, 3.05) is 25.0 Å². The van der Waals surface area contributed by atoms with E-state index in [1.54, 1.807) is 28.8 Å². The largest absolute Gasteiger partial charge is 0.467 e. The maximum Gasteiger partial charge on any atom is 0.294 e. The van der Waals surface area contributed by atoms with Crippen LogP contribution in [-0.4, -0.2) is 40.5 Å². The van der Waals surface area contributed by atoms with Gasteiger partial charge in [-0.2, -0.15) is 0 Å². The molecule has 3 aromatic rings. The van der Waals surface area contributed by atoms with Crippen LogP contribution in [0, 0.1) is 0 Å². The van der Waals surface area contributed by atoms with E-state index in [9.17, 15) is 9.59 Å². The number of rotatable bonds is 6. The molecule has 1 aliphatic rings. The first-order chi connectivity index (χ1) is 14.1. The van der Waals surface area contributed by atoms with E-state index in [1.165, 1.54) is 6.42 Å². The van der Waals surface area contributed by atoms with Crippen molar-refractivity contribution in [2.24, 2.45) is 0 Å². The quantitative estimate of drug-likeness (QED) is 0.643. The van der Waals surface area contributed by atoms with Gasteiger partial charge in [-0.05, 0) is 43.5 Å². The molecule has 4 rings (SSSR count). The molecule has 0 radical (unpaired) electrons. The van der Waals surface area contributed by atoms with Crippen LogP contribution in [0.15, 0.2) is 51.9 Å². The summed E-state index contributed by atoms with van der Waals surface area (Å²) in [6.45, 7) is 2.44. The summed E-state index contributed by atoms with van der Waals surface area (Å²) in [6.07, 6.45) is 5.17. The fourth-order valence-corrected chi connectivity index (χ4v) is 3.84. The van der Waals surface area contributed by atoms with E-state index in [0.29, 0.717) is 18.9 Å². The SMILES string of the molecule is CN(Cc1ccco1)C(=O)CCn1c(=O)c(N2CCCCC2)nc2ccccc21. The lowest BCUT2D eigenvalue weighted by Crippen LogP contribution is -2.37. The average molecular weight is 394 g/mol. The van der Waals surface area contributed by atoms with Crippen molar-refractivity contribution in [3.8, 4) is 0 Å². The molecule has 0 N–H and O–H groups in total. The summed E-state index contributed by atoms with van der Waals surface area (Å²) in [6, 6.07) is 11.3. The van der Waals surface area contributed by atoms with Crippen LogP contribution in [0.4, 0.5) is 5.82 Å². The molecule has 1 amide bonds. The molecular formula is C22H26N4O3. The van der Waals surface area contributed by atoms with Crippen LogP contribution in [-0.2, 0) is 17.9 Å². The second-order valence-electron chi connectivity index (χ2n) is 7.51. The minimum absolute atomic E-state index is 0.0336. The van der Waals surface area contributed by atoms with Gasteiger partial charge in [-0.3, -0.25) is 9.59 Å². The molecule has 152 valence electrons. The summed E-state index contributed by atoms with van der Waals surface area (Å²) in [5, 5.41) is 0. The van der Waals surface area contributed by atoms with Gasteiger partial charge < -0.3 is 18.8 Å². The van der Waals surface area contributed by atoms with Crippen LogP contribution in [0.2, 0.25) is 0 Å². The Morgan fingerprint density at radius 2 is 1.93 bits per heavy atom. The Morgan fingerprint density at radius 1 is 1.14 bits per heavy atom. The van der Waals surface area contributed by atoms with Gasteiger partial charge in [-0.25, -0.2) is 4.98 Å². The molecule has 0 spiro atoms. The summed E-state index contributed by atoms with van der Waals surface area (Å²) in [5.74, 6) is 1.20. The molecule has 0 atom stereocenters. The second-order valence-corrected chi connectivity index (χ2v) is 7.51. The first-order valence-electron chi connectivity index (χ1n) is 10.1. The Morgan fingerprint density at radius 3 is 2.69 bits per heavy atom. The maximum absolute atomic E-state index is 13.2. The number of amides is 1. The topological polar surface area (TPSA) is 71.6 Å². The van der Waals surface area contributed by atoms with Crippen molar-refractivity contribution in [3.63, 3.8) is 0 Å². The normalized spacial score (nSPS) is 14.3. The summed E-state index contributed by atoms with van der Waals surface area (Å²) < 4.78 is 7.01. The van der Waals surface area contributed by atoms with Gasteiger partial charge in [0.05, 0.1) is 23.8 Å². The lowest BCUT2D eigenvalue weighted by atomic mass is 10.1. The fourth-order valence-electron chi connectivity index (χ4n) is 3.84. The van der Waals surface area contributed by atoms with E-state index in [0.717, 1.165) is 42.7 Å². The third kappa shape index (κ3) is 4.18. The number of fused-ring (bicyclic) bond motifs is 1. The van der Waals surface area contributed by atoms with Crippen molar-refractivity contribution in [2.45, 2.75) is 38.8 Å². The molecule has 0 bridgehead atoms.